The molecule has 1 aromatic carbocycles. The molecular weight excluding hydrogens is 168 g/mol. The third kappa shape index (κ3) is 2.63. The zero-order valence-electron chi connectivity index (χ0n) is 7.66. The lowest BCUT2D eigenvalue weighted by Gasteiger charge is -2.08. The van der Waals surface area contributed by atoms with Gasteiger partial charge in [-0.2, -0.15) is 0 Å². The van der Waals surface area contributed by atoms with Crippen LogP contribution in [0, 0.1) is 6.92 Å². The second-order valence-electron chi connectivity index (χ2n) is 2.83. The van der Waals surface area contributed by atoms with Crippen LogP contribution in [0.1, 0.15) is 12.0 Å². The molecule has 0 unspecified atom stereocenters. The second kappa shape index (κ2) is 4.72. The normalized spacial score (nSPS) is 10.0. The van der Waals surface area contributed by atoms with Crippen LogP contribution in [0.4, 0.5) is 0 Å². The number of aliphatic hydroxyl groups excluding tert-OH is 1. The van der Waals surface area contributed by atoms with Crippen molar-refractivity contribution in [1.82, 2.24) is 0 Å². The van der Waals surface area contributed by atoms with Crippen molar-refractivity contribution >= 4 is 0 Å². The highest BCUT2D eigenvalue weighted by Crippen LogP contribution is 2.25. The van der Waals surface area contributed by atoms with Crippen LogP contribution in [-0.4, -0.2) is 23.4 Å². The molecule has 0 aliphatic carbocycles. The van der Waals surface area contributed by atoms with Crippen LogP contribution in [0.2, 0.25) is 0 Å². The number of phenolic OH excluding ortho intramolecular Hbond substituents is 1. The number of aromatic hydroxyl groups is 1. The summed E-state index contributed by atoms with van der Waals surface area (Å²) in [7, 11) is 0. The van der Waals surface area contributed by atoms with Gasteiger partial charge in [0.1, 0.15) is 11.5 Å². The number of hydrogen-bond donors (Lipinski definition) is 2. The molecule has 0 fully saturated rings. The smallest absolute Gasteiger partial charge is 0.125 e. The molecule has 3 nitrogen and oxygen atoms in total. The van der Waals surface area contributed by atoms with Crippen molar-refractivity contribution in [2.75, 3.05) is 13.2 Å². The summed E-state index contributed by atoms with van der Waals surface area (Å²) in [4.78, 5) is 0. The number of aliphatic hydroxyl groups is 1. The highest BCUT2D eigenvalue weighted by Gasteiger charge is 2.02. The van der Waals surface area contributed by atoms with Gasteiger partial charge in [-0.05, 0) is 19.1 Å². The molecule has 0 saturated carbocycles. The summed E-state index contributed by atoms with van der Waals surface area (Å²) in [6, 6.07) is 5.15. The number of ether oxygens (including phenoxy) is 1. The third-order valence-electron chi connectivity index (χ3n) is 1.82. The van der Waals surface area contributed by atoms with Crippen LogP contribution in [0.25, 0.3) is 0 Å². The van der Waals surface area contributed by atoms with Gasteiger partial charge in [0.25, 0.3) is 0 Å². The average molecular weight is 182 g/mol. The summed E-state index contributed by atoms with van der Waals surface area (Å²) in [6.07, 6.45) is 0.606. The van der Waals surface area contributed by atoms with Gasteiger partial charge in [0.2, 0.25) is 0 Å². The first kappa shape index (κ1) is 9.86. The van der Waals surface area contributed by atoms with Gasteiger partial charge < -0.3 is 14.9 Å². The SMILES string of the molecule is Cc1c(O)cccc1OCCCO. The van der Waals surface area contributed by atoms with Gasteiger partial charge in [0, 0.05) is 18.6 Å². The minimum absolute atomic E-state index is 0.123. The Morgan fingerprint density at radius 1 is 1.38 bits per heavy atom. The van der Waals surface area contributed by atoms with E-state index in [4.69, 9.17) is 9.84 Å². The van der Waals surface area contributed by atoms with E-state index >= 15 is 0 Å². The van der Waals surface area contributed by atoms with Crippen LogP contribution in [0.15, 0.2) is 18.2 Å². The Bertz CT molecular complexity index is 271. The number of benzene rings is 1. The molecule has 0 atom stereocenters. The molecule has 1 rings (SSSR count). The average Bonchev–Trinajstić information content (AvgIpc) is 2.13. The summed E-state index contributed by atoms with van der Waals surface area (Å²) in [5, 5.41) is 17.9. The van der Waals surface area contributed by atoms with Gasteiger partial charge in [0.05, 0.1) is 6.61 Å². The van der Waals surface area contributed by atoms with E-state index in [1.807, 2.05) is 0 Å². The maximum Gasteiger partial charge on any atom is 0.125 e. The third-order valence-corrected chi connectivity index (χ3v) is 1.82. The predicted molar refractivity (Wildman–Crippen MR) is 50.0 cm³/mol. The van der Waals surface area contributed by atoms with Crippen molar-refractivity contribution in [3.63, 3.8) is 0 Å². The topological polar surface area (TPSA) is 49.7 Å². The molecule has 0 heterocycles. The van der Waals surface area contributed by atoms with Gasteiger partial charge in [-0.3, -0.25) is 0 Å². The van der Waals surface area contributed by atoms with E-state index in [9.17, 15) is 5.11 Å². The van der Waals surface area contributed by atoms with Crippen LogP contribution < -0.4 is 4.74 Å². The Labute approximate surface area is 77.6 Å². The van der Waals surface area contributed by atoms with Crippen molar-refractivity contribution in [3.8, 4) is 11.5 Å². The van der Waals surface area contributed by atoms with Crippen molar-refractivity contribution < 1.29 is 14.9 Å². The first-order chi connectivity index (χ1) is 6.25. The molecule has 0 aliphatic heterocycles. The first-order valence-electron chi connectivity index (χ1n) is 4.28. The lowest BCUT2D eigenvalue weighted by Crippen LogP contribution is -2.00. The minimum Gasteiger partial charge on any atom is -0.508 e. The standard InChI is InChI=1S/C10H14O3/c1-8-9(12)4-2-5-10(8)13-7-3-6-11/h2,4-5,11-12H,3,6-7H2,1H3. The summed E-state index contributed by atoms with van der Waals surface area (Å²) in [6.45, 7) is 2.39. The van der Waals surface area contributed by atoms with Gasteiger partial charge in [-0.15, -0.1) is 0 Å². The van der Waals surface area contributed by atoms with E-state index in [2.05, 4.69) is 0 Å². The number of phenols is 1. The van der Waals surface area contributed by atoms with Crippen molar-refractivity contribution in [3.05, 3.63) is 23.8 Å². The molecular formula is C10H14O3. The molecule has 3 heteroatoms. The minimum atomic E-state index is 0.123. The molecule has 2 N–H and O–H groups in total. The molecule has 13 heavy (non-hydrogen) atoms. The van der Waals surface area contributed by atoms with Crippen LogP contribution in [-0.2, 0) is 0 Å². The highest BCUT2D eigenvalue weighted by molar-refractivity contribution is 5.42. The molecule has 0 aromatic heterocycles. The molecule has 0 amide bonds. The van der Waals surface area contributed by atoms with Gasteiger partial charge in [-0.1, -0.05) is 6.07 Å². The zero-order chi connectivity index (χ0) is 9.68. The fraction of sp³-hybridized carbons (Fsp3) is 0.400. The van der Waals surface area contributed by atoms with Crippen molar-refractivity contribution in [2.24, 2.45) is 0 Å². The molecule has 72 valence electrons. The predicted octanol–water partition coefficient (Wildman–Crippen LogP) is 1.46. The molecule has 0 radical (unpaired) electrons. The first-order valence-corrected chi connectivity index (χ1v) is 4.28. The van der Waals surface area contributed by atoms with E-state index in [0.29, 0.717) is 18.8 Å². The Balaban J connectivity index is 2.61. The highest BCUT2D eigenvalue weighted by atomic mass is 16.5. The maximum atomic E-state index is 9.33. The molecule has 0 aliphatic rings. The number of hydrogen-bond acceptors (Lipinski definition) is 3. The van der Waals surface area contributed by atoms with E-state index in [1.165, 1.54) is 0 Å². The molecule has 0 bridgehead atoms. The summed E-state index contributed by atoms with van der Waals surface area (Å²) >= 11 is 0. The van der Waals surface area contributed by atoms with Gasteiger partial charge in [-0.25, -0.2) is 0 Å². The van der Waals surface area contributed by atoms with Gasteiger partial charge >= 0.3 is 0 Å². The van der Waals surface area contributed by atoms with E-state index in [-0.39, 0.29) is 12.4 Å². The Morgan fingerprint density at radius 2 is 2.15 bits per heavy atom. The summed E-state index contributed by atoms with van der Waals surface area (Å²) < 4.78 is 5.34. The van der Waals surface area contributed by atoms with Gasteiger partial charge in [0.15, 0.2) is 0 Å². The maximum absolute atomic E-state index is 9.33. The van der Waals surface area contributed by atoms with E-state index in [0.717, 1.165) is 5.56 Å². The van der Waals surface area contributed by atoms with E-state index in [1.54, 1.807) is 25.1 Å². The van der Waals surface area contributed by atoms with Crippen molar-refractivity contribution in [2.45, 2.75) is 13.3 Å². The summed E-state index contributed by atoms with van der Waals surface area (Å²) in [5.41, 5.74) is 0.737. The van der Waals surface area contributed by atoms with E-state index < -0.39 is 0 Å². The molecule has 0 spiro atoms. The largest absolute Gasteiger partial charge is 0.508 e. The second-order valence-corrected chi connectivity index (χ2v) is 2.83. The monoisotopic (exact) mass is 182 g/mol. The summed E-state index contributed by atoms with van der Waals surface area (Å²) in [5.74, 6) is 0.912. The quantitative estimate of drug-likeness (QED) is 0.693. The Morgan fingerprint density at radius 3 is 2.85 bits per heavy atom. The molecule has 0 saturated heterocycles. The Hall–Kier alpha value is -1.22. The zero-order valence-corrected chi connectivity index (χ0v) is 7.66. The lowest BCUT2D eigenvalue weighted by atomic mass is 10.2. The molecule has 1 aromatic rings. The lowest BCUT2D eigenvalue weighted by molar-refractivity contribution is 0.232. The fourth-order valence-corrected chi connectivity index (χ4v) is 1.01. The number of rotatable bonds is 4. The van der Waals surface area contributed by atoms with Crippen LogP contribution in [0.5, 0.6) is 11.5 Å². The van der Waals surface area contributed by atoms with Crippen molar-refractivity contribution in [1.29, 1.82) is 0 Å². The Kier molecular flexibility index (Phi) is 3.58. The van der Waals surface area contributed by atoms with Crippen LogP contribution >= 0.6 is 0 Å². The van der Waals surface area contributed by atoms with Crippen LogP contribution in [0.3, 0.4) is 0 Å². The fourth-order valence-electron chi connectivity index (χ4n) is 1.01.